The Labute approximate surface area is 82.3 Å². The molecule has 0 bridgehead atoms. The standard InChI is InChI=1S/C7H5N3OS2/c8-7(11)12-5-3-1-2-4-6(5)13-10-9-4/h1-3H,(H2,8,11). The molecular weight excluding hydrogens is 206 g/mol. The predicted octanol–water partition coefficient (Wildman–Crippen LogP) is 1.86. The first-order valence-corrected chi connectivity index (χ1v) is 5.05. The van der Waals surface area contributed by atoms with Crippen LogP contribution in [0.5, 0.6) is 0 Å². The molecule has 2 aromatic rings. The quantitative estimate of drug-likeness (QED) is 0.731. The molecule has 0 aliphatic heterocycles. The second-order valence-corrected chi connectivity index (χ2v) is 4.10. The zero-order chi connectivity index (χ0) is 9.26. The van der Waals surface area contributed by atoms with E-state index in [0.717, 1.165) is 26.9 Å². The van der Waals surface area contributed by atoms with Gasteiger partial charge in [-0.15, -0.1) is 5.10 Å². The molecule has 0 aliphatic rings. The molecule has 2 rings (SSSR count). The van der Waals surface area contributed by atoms with Gasteiger partial charge in [0.05, 0.1) is 4.70 Å². The zero-order valence-corrected chi connectivity index (χ0v) is 8.06. The normalized spacial score (nSPS) is 10.5. The van der Waals surface area contributed by atoms with Crippen LogP contribution in [-0.4, -0.2) is 14.8 Å². The van der Waals surface area contributed by atoms with Crippen LogP contribution in [0.15, 0.2) is 23.1 Å². The number of nitrogens with zero attached hydrogens (tertiary/aromatic N) is 2. The third-order valence-electron chi connectivity index (χ3n) is 1.45. The van der Waals surface area contributed by atoms with Crippen molar-refractivity contribution >= 4 is 38.8 Å². The van der Waals surface area contributed by atoms with E-state index in [-0.39, 0.29) is 0 Å². The minimum absolute atomic E-state index is 0.416. The maximum absolute atomic E-state index is 10.7. The van der Waals surface area contributed by atoms with Crippen LogP contribution in [0.25, 0.3) is 10.2 Å². The Morgan fingerprint density at radius 3 is 3.15 bits per heavy atom. The summed E-state index contributed by atoms with van der Waals surface area (Å²) < 4.78 is 4.70. The first kappa shape index (κ1) is 8.46. The predicted molar refractivity (Wildman–Crippen MR) is 52.9 cm³/mol. The van der Waals surface area contributed by atoms with Crippen molar-refractivity contribution in [3.63, 3.8) is 0 Å². The number of hydrogen-bond donors (Lipinski definition) is 1. The first-order chi connectivity index (χ1) is 6.27. The number of fused-ring (bicyclic) bond motifs is 1. The van der Waals surface area contributed by atoms with Crippen LogP contribution in [0, 0.1) is 0 Å². The summed E-state index contributed by atoms with van der Waals surface area (Å²) in [6.45, 7) is 0. The van der Waals surface area contributed by atoms with Gasteiger partial charge in [-0.25, -0.2) is 0 Å². The number of rotatable bonds is 1. The van der Waals surface area contributed by atoms with E-state index in [9.17, 15) is 4.79 Å². The number of carbonyl (C=O) groups is 1. The van der Waals surface area contributed by atoms with E-state index in [0.29, 0.717) is 0 Å². The molecular formula is C7H5N3OS2. The molecule has 1 amide bonds. The highest BCUT2D eigenvalue weighted by Crippen LogP contribution is 2.28. The molecule has 0 saturated heterocycles. The summed E-state index contributed by atoms with van der Waals surface area (Å²) in [6.07, 6.45) is 0. The fourth-order valence-electron chi connectivity index (χ4n) is 0.969. The van der Waals surface area contributed by atoms with Crippen LogP contribution in [0.2, 0.25) is 0 Å². The Bertz CT molecular complexity index is 454. The van der Waals surface area contributed by atoms with Gasteiger partial charge in [-0.05, 0) is 35.4 Å². The number of benzene rings is 1. The molecule has 0 fully saturated rings. The lowest BCUT2D eigenvalue weighted by Gasteiger charge is -1.95. The lowest BCUT2D eigenvalue weighted by molar-refractivity contribution is 0.267. The van der Waals surface area contributed by atoms with Crippen LogP contribution in [0.3, 0.4) is 0 Å². The van der Waals surface area contributed by atoms with Crippen LogP contribution in [-0.2, 0) is 0 Å². The monoisotopic (exact) mass is 211 g/mol. The van der Waals surface area contributed by atoms with Crippen molar-refractivity contribution in [3.8, 4) is 0 Å². The molecule has 13 heavy (non-hydrogen) atoms. The van der Waals surface area contributed by atoms with E-state index in [1.54, 1.807) is 0 Å². The van der Waals surface area contributed by atoms with Gasteiger partial charge in [0, 0.05) is 4.90 Å². The Balaban J connectivity index is 2.54. The van der Waals surface area contributed by atoms with Gasteiger partial charge >= 0.3 is 0 Å². The van der Waals surface area contributed by atoms with Gasteiger partial charge in [0.1, 0.15) is 5.52 Å². The van der Waals surface area contributed by atoms with Gasteiger partial charge in [-0.2, -0.15) is 0 Å². The van der Waals surface area contributed by atoms with Gasteiger partial charge in [0.25, 0.3) is 5.24 Å². The third kappa shape index (κ3) is 1.63. The highest BCUT2D eigenvalue weighted by Gasteiger charge is 2.07. The summed E-state index contributed by atoms with van der Waals surface area (Å²) in [6, 6.07) is 5.51. The summed E-state index contributed by atoms with van der Waals surface area (Å²) in [5.74, 6) is 0. The van der Waals surface area contributed by atoms with Crippen molar-refractivity contribution in [2.75, 3.05) is 0 Å². The van der Waals surface area contributed by atoms with E-state index < -0.39 is 5.24 Å². The Morgan fingerprint density at radius 1 is 1.54 bits per heavy atom. The molecule has 0 atom stereocenters. The average molecular weight is 211 g/mol. The molecule has 1 aromatic carbocycles. The molecule has 1 aromatic heterocycles. The van der Waals surface area contributed by atoms with Crippen molar-refractivity contribution < 1.29 is 4.79 Å². The molecule has 0 radical (unpaired) electrons. The van der Waals surface area contributed by atoms with E-state index >= 15 is 0 Å². The zero-order valence-electron chi connectivity index (χ0n) is 6.43. The highest BCUT2D eigenvalue weighted by atomic mass is 32.2. The number of hydrogen-bond acceptors (Lipinski definition) is 5. The van der Waals surface area contributed by atoms with Gasteiger partial charge in [-0.1, -0.05) is 10.6 Å². The number of aromatic nitrogens is 2. The molecule has 0 spiro atoms. The Kier molecular flexibility index (Phi) is 2.15. The fourth-order valence-corrected chi connectivity index (χ4v) is 2.34. The van der Waals surface area contributed by atoms with E-state index in [4.69, 9.17) is 5.73 Å². The third-order valence-corrected chi connectivity index (χ3v) is 3.11. The molecule has 0 unspecified atom stereocenters. The minimum atomic E-state index is -0.416. The number of nitrogens with two attached hydrogens (primary N) is 1. The minimum Gasteiger partial charge on any atom is -0.360 e. The lowest BCUT2D eigenvalue weighted by Crippen LogP contribution is -2.01. The summed E-state index contributed by atoms with van der Waals surface area (Å²) in [5.41, 5.74) is 5.87. The Hall–Kier alpha value is -1.14. The fraction of sp³-hybridized carbons (Fsp3) is 0. The van der Waals surface area contributed by atoms with Gasteiger partial charge in [0.2, 0.25) is 0 Å². The highest BCUT2D eigenvalue weighted by molar-refractivity contribution is 8.13. The number of amides is 1. The van der Waals surface area contributed by atoms with Crippen LogP contribution in [0.1, 0.15) is 0 Å². The van der Waals surface area contributed by atoms with Crippen molar-refractivity contribution in [2.24, 2.45) is 5.73 Å². The van der Waals surface area contributed by atoms with E-state index in [1.165, 1.54) is 11.5 Å². The molecule has 66 valence electrons. The summed E-state index contributed by atoms with van der Waals surface area (Å²) in [7, 11) is 0. The van der Waals surface area contributed by atoms with Gasteiger partial charge < -0.3 is 5.73 Å². The maximum Gasteiger partial charge on any atom is 0.281 e. The van der Waals surface area contributed by atoms with Crippen molar-refractivity contribution in [3.05, 3.63) is 18.2 Å². The SMILES string of the molecule is NC(=O)Sc1cccc2nnsc12. The van der Waals surface area contributed by atoms with E-state index in [1.807, 2.05) is 18.2 Å². The van der Waals surface area contributed by atoms with Gasteiger partial charge in [0.15, 0.2) is 0 Å². The van der Waals surface area contributed by atoms with Crippen molar-refractivity contribution in [1.82, 2.24) is 9.59 Å². The molecule has 2 N–H and O–H groups in total. The summed E-state index contributed by atoms with van der Waals surface area (Å²) >= 11 is 2.27. The van der Waals surface area contributed by atoms with E-state index in [2.05, 4.69) is 9.59 Å². The second kappa shape index (κ2) is 3.31. The number of thioether (sulfide) groups is 1. The number of carbonyl (C=O) groups excluding carboxylic acids is 1. The number of primary amides is 1. The lowest BCUT2D eigenvalue weighted by atomic mass is 10.3. The van der Waals surface area contributed by atoms with Crippen LogP contribution < -0.4 is 5.73 Å². The maximum atomic E-state index is 10.7. The smallest absolute Gasteiger partial charge is 0.281 e. The topological polar surface area (TPSA) is 68.9 Å². The molecule has 6 heteroatoms. The molecule has 1 heterocycles. The molecule has 4 nitrogen and oxygen atoms in total. The first-order valence-electron chi connectivity index (χ1n) is 3.46. The summed E-state index contributed by atoms with van der Waals surface area (Å²) in [4.78, 5) is 11.5. The Morgan fingerprint density at radius 2 is 2.38 bits per heavy atom. The van der Waals surface area contributed by atoms with Gasteiger partial charge in [-0.3, -0.25) is 4.79 Å². The summed E-state index contributed by atoms with van der Waals surface area (Å²) in [5, 5.41) is 3.47. The second-order valence-electron chi connectivity index (χ2n) is 2.30. The van der Waals surface area contributed by atoms with Crippen molar-refractivity contribution in [2.45, 2.75) is 4.90 Å². The molecule has 0 saturated carbocycles. The average Bonchev–Trinajstić information content (AvgIpc) is 2.51. The van der Waals surface area contributed by atoms with Crippen LogP contribution >= 0.6 is 23.3 Å². The van der Waals surface area contributed by atoms with Crippen molar-refractivity contribution in [1.29, 1.82) is 0 Å². The largest absolute Gasteiger partial charge is 0.360 e. The molecule has 0 aliphatic carbocycles. The van der Waals surface area contributed by atoms with Crippen LogP contribution in [0.4, 0.5) is 4.79 Å².